The third kappa shape index (κ3) is 4.02. The average molecular weight is 356 g/mol. The van der Waals surface area contributed by atoms with Crippen molar-refractivity contribution < 1.29 is 13.5 Å². The molecule has 2 aromatic carbocycles. The van der Waals surface area contributed by atoms with Crippen molar-refractivity contribution >= 4 is 15.9 Å². The molecule has 0 fully saturated rings. The molecule has 0 amide bonds. The smallest absolute Gasteiger partial charge is 0.132 e. The molecule has 0 aromatic heterocycles. The Morgan fingerprint density at radius 3 is 2.62 bits per heavy atom. The van der Waals surface area contributed by atoms with Crippen LogP contribution in [0.4, 0.5) is 8.78 Å². The van der Waals surface area contributed by atoms with E-state index in [4.69, 9.17) is 4.74 Å². The Balaban J connectivity index is 2.21. The zero-order valence-electron chi connectivity index (χ0n) is 11.8. The monoisotopic (exact) mass is 355 g/mol. The van der Waals surface area contributed by atoms with Crippen molar-refractivity contribution in [2.24, 2.45) is 0 Å². The molecule has 21 heavy (non-hydrogen) atoms. The Kier molecular flexibility index (Phi) is 5.31. The highest BCUT2D eigenvalue weighted by Crippen LogP contribution is 2.29. The molecular formula is C16H16BrF2NO. The predicted octanol–water partition coefficient (Wildman–Crippen LogP) is 4.59. The van der Waals surface area contributed by atoms with E-state index in [1.54, 1.807) is 0 Å². The van der Waals surface area contributed by atoms with Crippen LogP contribution >= 0.6 is 15.9 Å². The molecule has 0 spiro atoms. The summed E-state index contributed by atoms with van der Waals surface area (Å²) in [5, 5.41) is 3.14. The topological polar surface area (TPSA) is 21.3 Å². The van der Waals surface area contributed by atoms with Crippen LogP contribution in [0, 0.1) is 11.6 Å². The molecule has 112 valence electrons. The predicted molar refractivity (Wildman–Crippen MR) is 82.3 cm³/mol. The summed E-state index contributed by atoms with van der Waals surface area (Å²) in [5.41, 5.74) is 1.29. The maximum absolute atomic E-state index is 13.6. The fraction of sp³-hybridized carbons (Fsp3) is 0.250. The third-order valence-corrected chi connectivity index (χ3v) is 3.77. The molecule has 2 nitrogen and oxygen atoms in total. The van der Waals surface area contributed by atoms with Gasteiger partial charge < -0.3 is 10.1 Å². The number of nitrogens with one attached hydrogen (secondary N) is 1. The highest BCUT2D eigenvalue weighted by atomic mass is 79.9. The van der Waals surface area contributed by atoms with Gasteiger partial charge in [-0.2, -0.15) is 0 Å². The summed E-state index contributed by atoms with van der Waals surface area (Å²) in [4.78, 5) is 0. The normalized spacial score (nSPS) is 12.2. The van der Waals surface area contributed by atoms with E-state index in [0.29, 0.717) is 11.3 Å². The summed E-state index contributed by atoms with van der Waals surface area (Å²) >= 11 is 3.39. The first-order chi connectivity index (χ1) is 10.0. The SMILES string of the molecule is CNC(C)c1ccc(Br)cc1OCc1ccc(F)cc1F. The van der Waals surface area contributed by atoms with E-state index in [0.717, 1.165) is 16.1 Å². The van der Waals surface area contributed by atoms with Crippen LogP contribution in [0.5, 0.6) is 5.75 Å². The zero-order chi connectivity index (χ0) is 15.4. The zero-order valence-corrected chi connectivity index (χ0v) is 13.4. The number of hydrogen-bond donors (Lipinski definition) is 1. The van der Waals surface area contributed by atoms with E-state index >= 15 is 0 Å². The van der Waals surface area contributed by atoms with Gasteiger partial charge in [0.1, 0.15) is 24.0 Å². The molecule has 2 aromatic rings. The van der Waals surface area contributed by atoms with Gasteiger partial charge in [-0.25, -0.2) is 8.78 Å². The summed E-state index contributed by atoms with van der Waals surface area (Å²) in [7, 11) is 1.86. The van der Waals surface area contributed by atoms with Gasteiger partial charge in [-0.1, -0.05) is 22.0 Å². The number of rotatable bonds is 5. The number of hydrogen-bond acceptors (Lipinski definition) is 2. The standard InChI is InChI=1S/C16H16BrF2NO/c1-10(20-2)14-6-4-12(17)7-16(14)21-9-11-3-5-13(18)8-15(11)19/h3-8,10,20H,9H2,1-2H3. The summed E-state index contributed by atoms with van der Waals surface area (Å²) in [6.07, 6.45) is 0. The lowest BCUT2D eigenvalue weighted by molar-refractivity contribution is 0.293. The van der Waals surface area contributed by atoms with Gasteiger partial charge in [0.15, 0.2) is 0 Å². The second-order valence-electron chi connectivity index (χ2n) is 4.72. The molecule has 0 saturated heterocycles. The van der Waals surface area contributed by atoms with Crippen LogP contribution in [0.15, 0.2) is 40.9 Å². The maximum Gasteiger partial charge on any atom is 0.132 e. The molecule has 5 heteroatoms. The van der Waals surface area contributed by atoms with Gasteiger partial charge in [-0.3, -0.25) is 0 Å². The van der Waals surface area contributed by atoms with E-state index in [1.807, 2.05) is 32.2 Å². The van der Waals surface area contributed by atoms with Gasteiger partial charge in [-0.05, 0) is 38.2 Å². The minimum atomic E-state index is -0.604. The first-order valence-corrected chi connectivity index (χ1v) is 7.34. The molecular weight excluding hydrogens is 340 g/mol. The lowest BCUT2D eigenvalue weighted by atomic mass is 10.1. The Labute approximate surface area is 131 Å². The minimum absolute atomic E-state index is 0.0476. The van der Waals surface area contributed by atoms with E-state index in [2.05, 4.69) is 21.2 Å². The fourth-order valence-corrected chi connectivity index (χ4v) is 2.28. The number of benzene rings is 2. The highest BCUT2D eigenvalue weighted by Gasteiger charge is 2.12. The molecule has 0 heterocycles. The summed E-state index contributed by atoms with van der Waals surface area (Å²) in [6, 6.07) is 9.28. The van der Waals surface area contributed by atoms with Crippen molar-refractivity contribution in [1.29, 1.82) is 0 Å². The molecule has 0 aliphatic heterocycles. The Morgan fingerprint density at radius 1 is 1.19 bits per heavy atom. The van der Waals surface area contributed by atoms with Crippen LogP contribution in [0.25, 0.3) is 0 Å². The molecule has 1 atom stereocenters. The Bertz CT molecular complexity index is 634. The first-order valence-electron chi connectivity index (χ1n) is 6.54. The van der Waals surface area contributed by atoms with Crippen LogP contribution in [0.3, 0.4) is 0 Å². The fourth-order valence-electron chi connectivity index (χ4n) is 1.94. The number of ether oxygens (including phenoxy) is 1. The van der Waals surface area contributed by atoms with Gasteiger partial charge in [0.05, 0.1) is 0 Å². The van der Waals surface area contributed by atoms with E-state index in [9.17, 15) is 8.78 Å². The van der Waals surface area contributed by atoms with Crippen LogP contribution in [-0.4, -0.2) is 7.05 Å². The Hall–Kier alpha value is -1.46. The van der Waals surface area contributed by atoms with Gasteiger partial charge in [0, 0.05) is 27.7 Å². The van der Waals surface area contributed by atoms with Crippen molar-refractivity contribution in [1.82, 2.24) is 5.32 Å². The summed E-state index contributed by atoms with van der Waals surface area (Å²) in [6.45, 7) is 2.06. The van der Waals surface area contributed by atoms with Crippen LogP contribution < -0.4 is 10.1 Å². The highest BCUT2D eigenvalue weighted by molar-refractivity contribution is 9.10. The number of halogens is 3. The molecule has 0 radical (unpaired) electrons. The molecule has 0 saturated carbocycles. The van der Waals surface area contributed by atoms with Crippen molar-refractivity contribution in [3.8, 4) is 5.75 Å². The largest absolute Gasteiger partial charge is 0.488 e. The lowest BCUT2D eigenvalue weighted by Gasteiger charge is -2.17. The maximum atomic E-state index is 13.6. The van der Waals surface area contributed by atoms with E-state index < -0.39 is 11.6 Å². The second-order valence-corrected chi connectivity index (χ2v) is 5.63. The molecule has 0 aliphatic carbocycles. The average Bonchev–Trinajstić information content (AvgIpc) is 2.45. The molecule has 1 N–H and O–H groups in total. The quantitative estimate of drug-likeness (QED) is 0.846. The van der Waals surface area contributed by atoms with E-state index in [-0.39, 0.29) is 12.6 Å². The van der Waals surface area contributed by atoms with Gasteiger partial charge >= 0.3 is 0 Å². The van der Waals surface area contributed by atoms with E-state index in [1.165, 1.54) is 12.1 Å². The van der Waals surface area contributed by atoms with Gasteiger partial charge in [0.25, 0.3) is 0 Å². The third-order valence-electron chi connectivity index (χ3n) is 3.27. The second kappa shape index (κ2) is 7.00. The van der Waals surface area contributed by atoms with Crippen LogP contribution in [-0.2, 0) is 6.61 Å². The van der Waals surface area contributed by atoms with Crippen LogP contribution in [0.1, 0.15) is 24.1 Å². The van der Waals surface area contributed by atoms with Gasteiger partial charge in [-0.15, -0.1) is 0 Å². The molecule has 0 bridgehead atoms. The van der Waals surface area contributed by atoms with Gasteiger partial charge in [0.2, 0.25) is 0 Å². The van der Waals surface area contributed by atoms with Crippen molar-refractivity contribution in [3.05, 3.63) is 63.6 Å². The summed E-state index contributed by atoms with van der Waals surface area (Å²) < 4.78 is 33.1. The first kappa shape index (κ1) is 15.9. The minimum Gasteiger partial charge on any atom is -0.488 e. The molecule has 0 aliphatic rings. The van der Waals surface area contributed by atoms with Crippen molar-refractivity contribution in [2.75, 3.05) is 7.05 Å². The molecule has 1 unspecified atom stereocenters. The van der Waals surface area contributed by atoms with Crippen molar-refractivity contribution in [2.45, 2.75) is 19.6 Å². The van der Waals surface area contributed by atoms with Crippen LogP contribution in [0.2, 0.25) is 0 Å². The lowest BCUT2D eigenvalue weighted by Crippen LogP contribution is -2.14. The Morgan fingerprint density at radius 2 is 1.95 bits per heavy atom. The summed E-state index contributed by atoms with van der Waals surface area (Å²) in [5.74, 6) is -0.536. The van der Waals surface area contributed by atoms with Crippen molar-refractivity contribution in [3.63, 3.8) is 0 Å². The molecule has 2 rings (SSSR count).